The van der Waals surface area contributed by atoms with Gasteiger partial charge in [-0.1, -0.05) is 53.8 Å². The van der Waals surface area contributed by atoms with E-state index in [-0.39, 0.29) is 11.5 Å². The van der Waals surface area contributed by atoms with Crippen molar-refractivity contribution in [2.75, 3.05) is 19.5 Å². The predicted octanol–water partition coefficient (Wildman–Crippen LogP) is 4.61. The molecule has 12 nitrogen and oxygen atoms in total. The fourth-order valence-corrected chi connectivity index (χ4v) is 7.12. The van der Waals surface area contributed by atoms with E-state index in [0.717, 1.165) is 5.69 Å². The van der Waals surface area contributed by atoms with Crippen LogP contribution < -0.4 is 29.7 Å². The number of nitrogens with one attached hydrogen (secondary N) is 1. The summed E-state index contributed by atoms with van der Waals surface area (Å²) in [6, 6.07) is 26.8. The van der Waals surface area contributed by atoms with E-state index in [1.807, 2.05) is 54.6 Å². The summed E-state index contributed by atoms with van der Waals surface area (Å²) < 4.78 is 20.6. The second kappa shape index (κ2) is 13.2. The Bertz CT molecular complexity index is 2340. The SMILES string of the molecule is COc1ccc([C@H]2C(C(=O)Nc3ccccc3)=C(C)N=c3s/c(=C\c4ccc(Sc5nnnn5-c5ccccc5)o4)c(=O)n32)cc1OC. The summed E-state index contributed by atoms with van der Waals surface area (Å²) in [4.78, 5) is 33.2. The van der Waals surface area contributed by atoms with Gasteiger partial charge in [-0.2, -0.15) is 4.68 Å². The lowest BCUT2D eigenvalue weighted by Gasteiger charge is -2.26. The number of rotatable bonds is 9. The summed E-state index contributed by atoms with van der Waals surface area (Å²) in [5, 5.41) is 16.1. The van der Waals surface area contributed by atoms with E-state index in [9.17, 15) is 9.59 Å². The molecule has 7 rings (SSSR count). The largest absolute Gasteiger partial charge is 0.493 e. The molecular weight excluding hydrogens is 651 g/mol. The lowest BCUT2D eigenvalue weighted by Crippen LogP contribution is -2.40. The third-order valence-corrected chi connectivity index (χ3v) is 9.37. The predicted molar refractivity (Wildman–Crippen MR) is 180 cm³/mol. The highest BCUT2D eigenvalue weighted by Crippen LogP contribution is 2.36. The van der Waals surface area contributed by atoms with Gasteiger partial charge in [0.15, 0.2) is 21.4 Å². The number of carbonyl (C=O) groups is 1. The van der Waals surface area contributed by atoms with Crippen LogP contribution in [0.1, 0.15) is 24.3 Å². The van der Waals surface area contributed by atoms with E-state index in [1.54, 1.807) is 61.2 Å². The minimum absolute atomic E-state index is 0.324. The third kappa shape index (κ3) is 5.94. The van der Waals surface area contributed by atoms with Crippen LogP contribution in [-0.2, 0) is 4.79 Å². The standard InChI is InChI=1S/C34H27N7O5S2/c1-20-29(31(42)36-22-10-6-4-7-11-22)30(21-14-16-25(44-2)26(18-21)45-3)40-32(43)27(47-33(40)35-20)19-24-15-17-28(46-24)48-34-37-38-39-41(34)23-12-8-5-9-13-23/h4-19,30H,1-3H3,(H,36,42)/b27-19-/t30-/m0/s1. The molecule has 0 unspecified atom stereocenters. The molecule has 4 heterocycles. The number of carbonyl (C=O) groups excluding carboxylic acids is 1. The number of amides is 1. The number of hydrogen-bond acceptors (Lipinski definition) is 11. The normalized spacial score (nSPS) is 14.4. The molecule has 0 spiro atoms. The average Bonchev–Trinajstić information content (AvgIpc) is 3.84. The number of ether oxygens (including phenoxy) is 2. The monoisotopic (exact) mass is 677 g/mol. The second-order valence-corrected chi connectivity index (χ2v) is 12.5. The van der Waals surface area contributed by atoms with Crippen LogP contribution in [-0.4, -0.2) is 44.9 Å². The molecule has 0 fully saturated rings. The Balaban J connectivity index is 1.27. The molecule has 0 saturated carbocycles. The topological polar surface area (TPSA) is 139 Å². The van der Waals surface area contributed by atoms with Crippen LogP contribution in [0.25, 0.3) is 11.8 Å². The van der Waals surface area contributed by atoms with E-state index in [0.29, 0.717) is 59.4 Å². The maximum absolute atomic E-state index is 14.2. The maximum Gasteiger partial charge on any atom is 0.271 e. The summed E-state index contributed by atoms with van der Waals surface area (Å²) in [5.74, 6) is 1.08. The van der Waals surface area contributed by atoms with Crippen LogP contribution in [0.4, 0.5) is 5.69 Å². The van der Waals surface area contributed by atoms with Crippen molar-refractivity contribution in [2.45, 2.75) is 23.2 Å². The Morgan fingerprint density at radius 3 is 2.48 bits per heavy atom. The molecule has 240 valence electrons. The van der Waals surface area contributed by atoms with Gasteiger partial charge in [0.25, 0.3) is 11.5 Å². The van der Waals surface area contributed by atoms with Gasteiger partial charge in [0.2, 0.25) is 5.16 Å². The van der Waals surface area contributed by atoms with Gasteiger partial charge in [0.1, 0.15) is 5.76 Å². The van der Waals surface area contributed by atoms with E-state index in [4.69, 9.17) is 18.9 Å². The number of fused-ring (bicyclic) bond motifs is 1. The molecule has 0 saturated heterocycles. The molecule has 1 N–H and O–H groups in total. The van der Waals surface area contributed by atoms with Gasteiger partial charge < -0.3 is 19.2 Å². The summed E-state index contributed by atoms with van der Waals surface area (Å²) in [7, 11) is 3.09. The summed E-state index contributed by atoms with van der Waals surface area (Å²) in [5.41, 5.74) is 2.58. The van der Waals surface area contributed by atoms with Crippen molar-refractivity contribution in [1.29, 1.82) is 0 Å². The van der Waals surface area contributed by atoms with Crippen LogP contribution in [0.5, 0.6) is 11.5 Å². The van der Waals surface area contributed by atoms with E-state index < -0.39 is 6.04 Å². The number of tetrazole rings is 1. The highest BCUT2D eigenvalue weighted by Gasteiger charge is 2.33. The quantitative estimate of drug-likeness (QED) is 0.233. The fourth-order valence-electron chi connectivity index (χ4n) is 5.33. The van der Waals surface area contributed by atoms with Crippen LogP contribution in [0.3, 0.4) is 0 Å². The third-order valence-electron chi connectivity index (χ3n) is 7.53. The zero-order valence-corrected chi connectivity index (χ0v) is 27.5. The van der Waals surface area contributed by atoms with Gasteiger partial charge in [0, 0.05) is 11.8 Å². The van der Waals surface area contributed by atoms with Gasteiger partial charge in [-0.3, -0.25) is 14.2 Å². The number of nitrogens with zero attached hydrogens (tertiary/aromatic N) is 6. The molecule has 6 aromatic rings. The van der Waals surface area contributed by atoms with Crippen molar-refractivity contribution in [2.24, 2.45) is 4.99 Å². The highest BCUT2D eigenvalue weighted by atomic mass is 32.2. The number of anilines is 1. The molecule has 14 heteroatoms. The van der Waals surface area contributed by atoms with Crippen molar-refractivity contribution in [3.05, 3.63) is 133 Å². The molecule has 48 heavy (non-hydrogen) atoms. The molecule has 3 aromatic heterocycles. The molecule has 1 amide bonds. The zero-order valence-electron chi connectivity index (χ0n) is 25.9. The van der Waals surface area contributed by atoms with Gasteiger partial charge in [-0.05, 0) is 83.2 Å². The average molecular weight is 678 g/mol. The lowest BCUT2D eigenvalue weighted by atomic mass is 9.94. The Morgan fingerprint density at radius 1 is 0.979 bits per heavy atom. The molecular formula is C34H27N7O5S2. The van der Waals surface area contributed by atoms with Gasteiger partial charge in [-0.15, -0.1) is 5.10 Å². The summed E-state index contributed by atoms with van der Waals surface area (Å²) in [6.07, 6.45) is 1.67. The van der Waals surface area contributed by atoms with E-state index >= 15 is 0 Å². The zero-order chi connectivity index (χ0) is 33.2. The molecule has 3 aromatic carbocycles. The smallest absolute Gasteiger partial charge is 0.271 e. The maximum atomic E-state index is 14.2. The second-order valence-electron chi connectivity index (χ2n) is 10.5. The molecule has 0 bridgehead atoms. The van der Waals surface area contributed by atoms with Gasteiger partial charge >= 0.3 is 0 Å². The number of furan rings is 1. The van der Waals surface area contributed by atoms with Crippen molar-refractivity contribution < 1.29 is 18.7 Å². The number of hydrogen-bond donors (Lipinski definition) is 1. The van der Waals surface area contributed by atoms with Crippen molar-refractivity contribution >= 4 is 40.8 Å². The van der Waals surface area contributed by atoms with Crippen LogP contribution in [0.2, 0.25) is 0 Å². The van der Waals surface area contributed by atoms with Crippen molar-refractivity contribution in [3.8, 4) is 17.2 Å². The number of benzene rings is 3. The van der Waals surface area contributed by atoms with Crippen molar-refractivity contribution in [3.63, 3.8) is 0 Å². The fraction of sp³-hybridized carbons (Fsp3) is 0.118. The number of allylic oxidation sites excluding steroid dienone is 1. The Hall–Kier alpha value is -5.73. The molecule has 0 aliphatic carbocycles. The minimum Gasteiger partial charge on any atom is -0.493 e. The molecule has 1 atom stereocenters. The molecule has 0 radical (unpaired) electrons. The minimum atomic E-state index is -0.800. The first kappa shape index (κ1) is 30.9. The van der Waals surface area contributed by atoms with Crippen molar-refractivity contribution in [1.82, 2.24) is 24.8 Å². The Kier molecular flexibility index (Phi) is 8.48. The molecule has 1 aliphatic heterocycles. The van der Waals surface area contributed by atoms with Gasteiger partial charge in [0.05, 0.1) is 41.8 Å². The van der Waals surface area contributed by atoms with Crippen LogP contribution >= 0.6 is 23.1 Å². The molecule has 1 aliphatic rings. The first-order chi connectivity index (χ1) is 23.4. The van der Waals surface area contributed by atoms with Crippen LogP contribution in [0.15, 0.2) is 127 Å². The number of para-hydroxylation sites is 2. The number of aromatic nitrogens is 5. The lowest BCUT2D eigenvalue weighted by molar-refractivity contribution is -0.113. The Morgan fingerprint density at radius 2 is 1.73 bits per heavy atom. The first-order valence-corrected chi connectivity index (χ1v) is 16.3. The first-order valence-electron chi connectivity index (χ1n) is 14.7. The summed E-state index contributed by atoms with van der Waals surface area (Å²) >= 11 is 2.47. The van der Waals surface area contributed by atoms with E-state index in [1.165, 1.54) is 34.8 Å². The highest BCUT2D eigenvalue weighted by molar-refractivity contribution is 7.99. The Labute approximate surface area is 281 Å². The number of thiazole rings is 1. The summed E-state index contributed by atoms with van der Waals surface area (Å²) in [6.45, 7) is 1.77. The van der Waals surface area contributed by atoms with E-state index in [2.05, 4.69) is 20.8 Å². The van der Waals surface area contributed by atoms with Crippen LogP contribution in [0, 0.1) is 0 Å². The number of methoxy groups -OCH3 is 2. The van der Waals surface area contributed by atoms with Gasteiger partial charge in [-0.25, -0.2) is 4.99 Å².